The zero-order chi connectivity index (χ0) is 21.6. The molecule has 1 heterocycles. The average molecular weight is 418 g/mol. The first-order valence-corrected chi connectivity index (χ1v) is 11.2. The SMILES string of the molecule is Cc1nccn1Cc1ccc(C(C(=O)N[C@@H](CO)c2ccccc2)C2CCCC2)cc1. The molecule has 2 N–H and O–H groups in total. The Bertz CT molecular complexity index is 975. The molecule has 0 radical (unpaired) electrons. The molecule has 1 amide bonds. The Hall–Kier alpha value is -2.92. The van der Waals surface area contributed by atoms with Gasteiger partial charge in [-0.25, -0.2) is 4.98 Å². The van der Waals surface area contributed by atoms with E-state index in [1.807, 2.05) is 49.6 Å². The molecule has 5 nitrogen and oxygen atoms in total. The fourth-order valence-electron chi connectivity index (χ4n) is 4.71. The molecule has 0 spiro atoms. The van der Waals surface area contributed by atoms with Gasteiger partial charge in [0.25, 0.3) is 0 Å². The summed E-state index contributed by atoms with van der Waals surface area (Å²) in [6, 6.07) is 17.7. The van der Waals surface area contributed by atoms with Crippen LogP contribution in [0.3, 0.4) is 0 Å². The van der Waals surface area contributed by atoms with Crippen molar-refractivity contribution in [3.05, 3.63) is 89.5 Å². The Labute approximate surface area is 184 Å². The molecular formula is C26H31N3O2. The molecule has 5 heteroatoms. The maximum atomic E-state index is 13.4. The fraction of sp³-hybridized carbons (Fsp3) is 0.385. The van der Waals surface area contributed by atoms with Gasteiger partial charge in [-0.2, -0.15) is 0 Å². The number of benzene rings is 2. The Morgan fingerprint density at radius 3 is 2.42 bits per heavy atom. The van der Waals surface area contributed by atoms with E-state index in [2.05, 4.69) is 39.1 Å². The van der Waals surface area contributed by atoms with Gasteiger partial charge in [0.1, 0.15) is 5.82 Å². The number of rotatable bonds is 8. The van der Waals surface area contributed by atoms with Crippen molar-refractivity contribution in [3.8, 4) is 0 Å². The number of aryl methyl sites for hydroxylation is 1. The van der Waals surface area contributed by atoms with E-state index >= 15 is 0 Å². The molecule has 162 valence electrons. The fourth-order valence-corrected chi connectivity index (χ4v) is 4.71. The van der Waals surface area contributed by atoms with Crippen LogP contribution in [-0.2, 0) is 11.3 Å². The molecule has 4 rings (SSSR count). The van der Waals surface area contributed by atoms with E-state index in [1.165, 1.54) is 18.4 Å². The van der Waals surface area contributed by atoms with Gasteiger partial charge in [0.2, 0.25) is 5.91 Å². The Kier molecular flexibility index (Phi) is 6.82. The summed E-state index contributed by atoms with van der Waals surface area (Å²) in [4.78, 5) is 17.7. The highest BCUT2D eigenvalue weighted by molar-refractivity contribution is 5.84. The van der Waals surface area contributed by atoms with Gasteiger partial charge >= 0.3 is 0 Å². The number of aliphatic hydroxyl groups excluding tert-OH is 1. The number of carbonyl (C=O) groups excluding carboxylic acids is 1. The summed E-state index contributed by atoms with van der Waals surface area (Å²) in [5.41, 5.74) is 3.17. The zero-order valence-electron chi connectivity index (χ0n) is 18.1. The molecule has 1 aliphatic carbocycles. The summed E-state index contributed by atoms with van der Waals surface area (Å²) in [7, 11) is 0. The van der Waals surface area contributed by atoms with Crippen LogP contribution in [0.15, 0.2) is 67.0 Å². The lowest BCUT2D eigenvalue weighted by Crippen LogP contribution is -2.37. The molecular weight excluding hydrogens is 386 g/mol. The molecule has 0 aliphatic heterocycles. The van der Waals surface area contributed by atoms with E-state index in [0.29, 0.717) is 5.92 Å². The third kappa shape index (κ3) is 5.05. The molecule has 1 aromatic heterocycles. The van der Waals surface area contributed by atoms with Crippen LogP contribution in [0.25, 0.3) is 0 Å². The van der Waals surface area contributed by atoms with Crippen molar-refractivity contribution in [1.82, 2.24) is 14.9 Å². The van der Waals surface area contributed by atoms with Crippen LogP contribution in [0, 0.1) is 12.8 Å². The second-order valence-electron chi connectivity index (χ2n) is 8.52. The van der Waals surface area contributed by atoms with E-state index in [-0.39, 0.29) is 24.5 Å². The van der Waals surface area contributed by atoms with E-state index in [0.717, 1.165) is 36.3 Å². The second kappa shape index (κ2) is 9.92. The molecule has 2 atom stereocenters. The third-order valence-electron chi connectivity index (χ3n) is 6.47. The lowest BCUT2D eigenvalue weighted by Gasteiger charge is -2.26. The lowest BCUT2D eigenvalue weighted by atomic mass is 9.83. The third-order valence-corrected chi connectivity index (χ3v) is 6.47. The van der Waals surface area contributed by atoms with Gasteiger partial charge < -0.3 is 15.0 Å². The molecule has 31 heavy (non-hydrogen) atoms. The maximum Gasteiger partial charge on any atom is 0.228 e. The Balaban J connectivity index is 1.53. The highest BCUT2D eigenvalue weighted by Crippen LogP contribution is 2.38. The summed E-state index contributed by atoms with van der Waals surface area (Å²) < 4.78 is 2.11. The molecule has 2 aromatic carbocycles. The van der Waals surface area contributed by atoms with Gasteiger partial charge in [0, 0.05) is 18.9 Å². The van der Waals surface area contributed by atoms with Crippen molar-refractivity contribution in [2.45, 2.75) is 51.1 Å². The highest BCUT2D eigenvalue weighted by atomic mass is 16.3. The summed E-state index contributed by atoms with van der Waals surface area (Å²) in [5.74, 6) is 1.15. The summed E-state index contributed by atoms with van der Waals surface area (Å²) in [5, 5.41) is 13.0. The quantitative estimate of drug-likeness (QED) is 0.572. The van der Waals surface area contributed by atoms with Crippen LogP contribution in [0.2, 0.25) is 0 Å². The zero-order valence-corrected chi connectivity index (χ0v) is 18.1. The Morgan fingerprint density at radius 1 is 1.10 bits per heavy atom. The van der Waals surface area contributed by atoms with Crippen LogP contribution in [0.4, 0.5) is 0 Å². The minimum Gasteiger partial charge on any atom is -0.394 e. The van der Waals surface area contributed by atoms with Crippen molar-refractivity contribution in [2.24, 2.45) is 5.92 Å². The van der Waals surface area contributed by atoms with Crippen molar-refractivity contribution in [2.75, 3.05) is 6.61 Å². The van der Waals surface area contributed by atoms with Gasteiger partial charge in [0.15, 0.2) is 0 Å². The molecule has 1 unspecified atom stereocenters. The molecule has 1 saturated carbocycles. The number of carbonyl (C=O) groups is 1. The summed E-state index contributed by atoms with van der Waals surface area (Å²) >= 11 is 0. The van der Waals surface area contributed by atoms with Crippen LogP contribution < -0.4 is 5.32 Å². The minimum atomic E-state index is -0.388. The first kappa shape index (κ1) is 21.3. The van der Waals surface area contributed by atoms with Gasteiger partial charge in [-0.15, -0.1) is 0 Å². The van der Waals surface area contributed by atoms with E-state index in [1.54, 1.807) is 0 Å². The standard InChI is InChI=1S/C26H31N3O2/c1-19-27-15-16-29(19)17-20-11-13-23(14-12-20)25(22-9-5-6-10-22)26(31)28-24(18-30)21-7-3-2-4-8-21/h2-4,7-8,11-16,22,24-25,30H,5-6,9-10,17-18H2,1H3,(H,28,31)/t24-,25?/m0/s1. The molecule has 1 aliphatic rings. The normalized spacial score (nSPS) is 16.2. The van der Waals surface area contributed by atoms with Crippen LogP contribution >= 0.6 is 0 Å². The number of imidazole rings is 1. The average Bonchev–Trinajstić information content (AvgIpc) is 3.46. The predicted octanol–water partition coefficient (Wildman–Crippen LogP) is 4.36. The first-order chi connectivity index (χ1) is 15.2. The maximum absolute atomic E-state index is 13.4. The highest BCUT2D eigenvalue weighted by Gasteiger charge is 2.33. The second-order valence-corrected chi connectivity index (χ2v) is 8.52. The number of amides is 1. The van der Waals surface area contributed by atoms with Crippen molar-refractivity contribution >= 4 is 5.91 Å². The number of aliphatic hydroxyl groups is 1. The Morgan fingerprint density at radius 2 is 1.81 bits per heavy atom. The number of hydrogen-bond acceptors (Lipinski definition) is 3. The van der Waals surface area contributed by atoms with E-state index in [4.69, 9.17) is 0 Å². The van der Waals surface area contributed by atoms with Crippen LogP contribution in [-0.4, -0.2) is 27.2 Å². The summed E-state index contributed by atoms with van der Waals surface area (Å²) in [6.07, 6.45) is 8.29. The smallest absolute Gasteiger partial charge is 0.228 e. The van der Waals surface area contributed by atoms with Gasteiger partial charge in [-0.05, 0) is 42.4 Å². The largest absolute Gasteiger partial charge is 0.394 e. The predicted molar refractivity (Wildman–Crippen MR) is 122 cm³/mol. The number of nitrogens with one attached hydrogen (secondary N) is 1. The lowest BCUT2D eigenvalue weighted by molar-refractivity contribution is -0.124. The van der Waals surface area contributed by atoms with Gasteiger partial charge in [0.05, 0.1) is 18.6 Å². The van der Waals surface area contributed by atoms with E-state index < -0.39 is 0 Å². The summed E-state index contributed by atoms with van der Waals surface area (Å²) in [6.45, 7) is 2.66. The number of hydrogen-bond donors (Lipinski definition) is 2. The molecule has 0 bridgehead atoms. The topological polar surface area (TPSA) is 67.2 Å². The molecule has 0 saturated heterocycles. The van der Waals surface area contributed by atoms with Crippen molar-refractivity contribution in [1.29, 1.82) is 0 Å². The van der Waals surface area contributed by atoms with Crippen LogP contribution in [0.5, 0.6) is 0 Å². The minimum absolute atomic E-state index is 0.00741. The van der Waals surface area contributed by atoms with Gasteiger partial charge in [-0.1, -0.05) is 67.4 Å². The first-order valence-electron chi connectivity index (χ1n) is 11.2. The van der Waals surface area contributed by atoms with Crippen molar-refractivity contribution < 1.29 is 9.90 Å². The number of aromatic nitrogens is 2. The molecule has 3 aromatic rings. The number of nitrogens with zero attached hydrogens (tertiary/aromatic N) is 2. The molecule has 1 fully saturated rings. The monoisotopic (exact) mass is 417 g/mol. The van der Waals surface area contributed by atoms with E-state index in [9.17, 15) is 9.90 Å². The van der Waals surface area contributed by atoms with Crippen molar-refractivity contribution in [3.63, 3.8) is 0 Å². The van der Waals surface area contributed by atoms with Gasteiger partial charge in [-0.3, -0.25) is 4.79 Å². The van der Waals surface area contributed by atoms with Crippen LogP contribution in [0.1, 0.15) is 60.2 Å².